The molecule has 1 rings (SSSR count). The van der Waals surface area contributed by atoms with E-state index in [0.717, 1.165) is 12.1 Å². The third-order valence-electron chi connectivity index (χ3n) is 2.32. The van der Waals surface area contributed by atoms with Gasteiger partial charge in [0.15, 0.2) is 0 Å². The van der Waals surface area contributed by atoms with E-state index in [0.29, 0.717) is 18.8 Å². The lowest BCUT2D eigenvalue weighted by atomic mass is 10.2. The zero-order valence-corrected chi connectivity index (χ0v) is 9.86. The molecule has 1 aromatic carbocycles. The number of rotatable bonds is 4. The van der Waals surface area contributed by atoms with Crippen LogP contribution in [-0.2, 0) is 0 Å². The van der Waals surface area contributed by atoms with Gasteiger partial charge in [0.2, 0.25) is 0 Å². The molecule has 0 saturated heterocycles. The normalized spacial score (nSPS) is 9.88. The molecule has 1 aromatic rings. The van der Waals surface area contributed by atoms with Crippen LogP contribution < -0.4 is 16.0 Å². The van der Waals surface area contributed by atoms with E-state index >= 15 is 0 Å². The first-order valence-electron chi connectivity index (χ1n) is 5.60. The van der Waals surface area contributed by atoms with Crippen molar-refractivity contribution in [2.24, 2.45) is 0 Å². The summed E-state index contributed by atoms with van der Waals surface area (Å²) in [5, 5.41) is 2.84. The van der Waals surface area contributed by atoms with Crippen LogP contribution in [0.15, 0.2) is 24.3 Å². The molecule has 0 atom stereocenters. The van der Waals surface area contributed by atoms with Gasteiger partial charge in [0.1, 0.15) is 0 Å². The molecule has 0 aromatic heterocycles. The smallest absolute Gasteiger partial charge is 0.321 e. The van der Waals surface area contributed by atoms with E-state index in [-0.39, 0.29) is 6.03 Å². The highest BCUT2D eigenvalue weighted by molar-refractivity contribution is 5.95. The lowest BCUT2D eigenvalue weighted by Gasteiger charge is -2.22. The van der Waals surface area contributed by atoms with E-state index in [9.17, 15) is 4.79 Å². The molecule has 88 valence electrons. The van der Waals surface area contributed by atoms with Crippen LogP contribution in [0.1, 0.15) is 20.3 Å². The van der Waals surface area contributed by atoms with Crippen molar-refractivity contribution in [1.82, 2.24) is 5.32 Å². The molecule has 2 amide bonds. The van der Waals surface area contributed by atoms with Crippen molar-refractivity contribution in [2.45, 2.75) is 20.3 Å². The fourth-order valence-electron chi connectivity index (χ4n) is 1.48. The van der Waals surface area contributed by atoms with E-state index in [1.807, 2.05) is 32.0 Å². The Bertz CT molecular complexity index is 352. The molecular weight excluding hydrogens is 202 g/mol. The van der Waals surface area contributed by atoms with Gasteiger partial charge in [0.25, 0.3) is 0 Å². The zero-order valence-electron chi connectivity index (χ0n) is 9.86. The molecule has 16 heavy (non-hydrogen) atoms. The largest absolute Gasteiger partial charge is 0.397 e. The van der Waals surface area contributed by atoms with Crippen molar-refractivity contribution in [1.29, 1.82) is 0 Å². The van der Waals surface area contributed by atoms with Gasteiger partial charge in [-0.2, -0.15) is 0 Å². The number of carbonyl (C=O) groups excluding carboxylic acids is 1. The highest BCUT2D eigenvalue weighted by Crippen LogP contribution is 2.22. The first-order valence-corrected chi connectivity index (χ1v) is 5.60. The quantitative estimate of drug-likeness (QED) is 0.766. The highest BCUT2D eigenvalue weighted by atomic mass is 16.2. The average Bonchev–Trinajstić information content (AvgIpc) is 2.30. The van der Waals surface area contributed by atoms with Crippen LogP contribution in [0.25, 0.3) is 0 Å². The number of anilines is 2. The molecule has 0 radical (unpaired) electrons. The maximum Gasteiger partial charge on any atom is 0.321 e. The Morgan fingerprint density at radius 3 is 2.62 bits per heavy atom. The van der Waals surface area contributed by atoms with Crippen LogP contribution in [0.3, 0.4) is 0 Å². The Labute approximate surface area is 96.4 Å². The summed E-state index contributed by atoms with van der Waals surface area (Å²) in [5.74, 6) is 0. The van der Waals surface area contributed by atoms with Crippen LogP contribution in [0, 0.1) is 0 Å². The molecule has 0 bridgehead atoms. The fourth-order valence-corrected chi connectivity index (χ4v) is 1.48. The van der Waals surface area contributed by atoms with Crippen molar-refractivity contribution in [3.8, 4) is 0 Å². The average molecular weight is 221 g/mol. The summed E-state index contributed by atoms with van der Waals surface area (Å²) < 4.78 is 0. The van der Waals surface area contributed by atoms with Crippen LogP contribution in [0.4, 0.5) is 16.2 Å². The van der Waals surface area contributed by atoms with E-state index in [4.69, 9.17) is 5.73 Å². The van der Waals surface area contributed by atoms with Crippen LogP contribution in [-0.4, -0.2) is 19.1 Å². The number of benzene rings is 1. The molecule has 0 fully saturated rings. The second kappa shape index (κ2) is 6.00. The van der Waals surface area contributed by atoms with Gasteiger partial charge in [-0.3, -0.25) is 4.90 Å². The number of nitrogens with one attached hydrogen (secondary N) is 1. The minimum absolute atomic E-state index is 0.0951. The van der Waals surface area contributed by atoms with Gasteiger partial charge in [-0.25, -0.2) is 4.79 Å². The second-order valence-corrected chi connectivity index (χ2v) is 3.54. The van der Waals surface area contributed by atoms with Crippen LogP contribution in [0.2, 0.25) is 0 Å². The predicted octanol–water partition coefficient (Wildman–Crippen LogP) is 2.21. The molecule has 0 saturated carbocycles. The summed E-state index contributed by atoms with van der Waals surface area (Å²) >= 11 is 0. The molecule has 0 spiro atoms. The van der Waals surface area contributed by atoms with E-state index in [1.165, 1.54) is 0 Å². The van der Waals surface area contributed by atoms with Gasteiger partial charge >= 0.3 is 6.03 Å². The standard InChI is InChI=1S/C12H19N3O/c1-3-9-14-12(16)15(4-2)11-8-6-5-7-10(11)13/h5-8H,3-4,9,13H2,1-2H3,(H,14,16). The van der Waals surface area contributed by atoms with Gasteiger partial charge in [-0.15, -0.1) is 0 Å². The van der Waals surface area contributed by atoms with Crippen molar-refractivity contribution < 1.29 is 4.79 Å². The van der Waals surface area contributed by atoms with Crippen LogP contribution in [0.5, 0.6) is 0 Å². The predicted molar refractivity (Wildman–Crippen MR) is 67.6 cm³/mol. The van der Waals surface area contributed by atoms with Crippen LogP contribution >= 0.6 is 0 Å². The maximum atomic E-state index is 11.8. The van der Waals surface area contributed by atoms with Gasteiger partial charge in [-0.05, 0) is 25.5 Å². The Morgan fingerprint density at radius 1 is 1.38 bits per heavy atom. The zero-order chi connectivity index (χ0) is 12.0. The number of hydrogen-bond donors (Lipinski definition) is 2. The molecule has 0 unspecified atom stereocenters. The highest BCUT2D eigenvalue weighted by Gasteiger charge is 2.14. The minimum atomic E-state index is -0.0951. The Kier molecular flexibility index (Phi) is 4.64. The SMILES string of the molecule is CCCNC(=O)N(CC)c1ccccc1N. The number of nitrogens with two attached hydrogens (primary N) is 1. The van der Waals surface area contributed by atoms with Crippen molar-refractivity contribution in [3.05, 3.63) is 24.3 Å². The number of amides is 2. The third kappa shape index (κ3) is 2.89. The molecule has 0 heterocycles. The summed E-state index contributed by atoms with van der Waals surface area (Å²) in [5.41, 5.74) is 7.23. The summed E-state index contributed by atoms with van der Waals surface area (Å²) in [6.45, 7) is 5.23. The summed E-state index contributed by atoms with van der Waals surface area (Å²) in [6.07, 6.45) is 0.924. The first kappa shape index (κ1) is 12.4. The number of urea groups is 1. The maximum absolute atomic E-state index is 11.8. The topological polar surface area (TPSA) is 58.4 Å². The number of nitrogen functional groups attached to an aromatic ring is 1. The lowest BCUT2D eigenvalue weighted by molar-refractivity contribution is 0.246. The molecule has 3 N–H and O–H groups in total. The molecular formula is C12H19N3O. The van der Waals surface area contributed by atoms with Crippen molar-refractivity contribution in [3.63, 3.8) is 0 Å². The summed E-state index contributed by atoms with van der Waals surface area (Å²) in [6, 6.07) is 7.29. The van der Waals surface area contributed by atoms with Gasteiger partial charge in [0.05, 0.1) is 11.4 Å². The molecule has 0 aliphatic rings. The molecule has 0 aliphatic carbocycles. The first-order chi connectivity index (χ1) is 7.70. The van der Waals surface area contributed by atoms with E-state index in [1.54, 1.807) is 11.0 Å². The van der Waals surface area contributed by atoms with Crippen molar-refractivity contribution in [2.75, 3.05) is 23.7 Å². The van der Waals surface area contributed by atoms with E-state index in [2.05, 4.69) is 5.32 Å². The van der Waals surface area contributed by atoms with Gasteiger partial charge in [-0.1, -0.05) is 19.1 Å². The number of para-hydroxylation sites is 2. The monoisotopic (exact) mass is 221 g/mol. The summed E-state index contributed by atoms with van der Waals surface area (Å²) in [4.78, 5) is 13.5. The minimum Gasteiger partial charge on any atom is -0.397 e. The van der Waals surface area contributed by atoms with Crippen molar-refractivity contribution >= 4 is 17.4 Å². The molecule has 4 nitrogen and oxygen atoms in total. The number of carbonyl (C=O) groups is 1. The van der Waals surface area contributed by atoms with Gasteiger partial charge < -0.3 is 11.1 Å². The molecule has 0 aliphatic heterocycles. The lowest BCUT2D eigenvalue weighted by Crippen LogP contribution is -2.40. The summed E-state index contributed by atoms with van der Waals surface area (Å²) in [7, 11) is 0. The van der Waals surface area contributed by atoms with Gasteiger partial charge in [0, 0.05) is 13.1 Å². The fraction of sp³-hybridized carbons (Fsp3) is 0.417. The Hall–Kier alpha value is -1.71. The Balaban J connectivity index is 2.82. The number of nitrogens with zero attached hydrogens (tertiary/aromatic N) is 1. The third-order valence-corrected chi connectivity index (χ3v) is 2.32. The Morgan fingerprint density at radius 2 is 2.06 bits per heavy atom. The van der Waals surface area contributed by atoms with E-state index < -0.39 is 0 Å². The number of hydrogen-bond acceptors (Lipinski definition) is 2. The second-order valence-electron chi connectivity index (χ2n) is 3.54. The molecule has 4 heteroatoms.